The summed E-state index contributed by atoms with van der Waals surface area (Å²) in [6.45, 7) is 5.03. The van der Waals surface area contributed by atoms with Crippen LogP contribution in [0.1, 0.15) is 33.6 Å². The Morgan fingerprint density at radius 2 is 2.06 bits per heavy atom. The van der Waals surface area contributed by atoms with E-state index in [1.165, 1.54) is 0 Å². The first kappa shape index (κ1) is 14.2. The molecule has 0 saturated carbocycles. The summed E-state index contributed by atoms with van der Waals surface area (Å²) in [6.07, 6.45) is -0.308. The lowest BCUT2D eigenvalue weighted by Gasteiger charge is -2.21. The van der Waals surface area contributed by atoms with Gasteiger partial charge in [-0.05, 0) is 32.7 Å². The number of esters is 1. The van der Waals surface area contributed by atoms with Crippen LogP contribution in [-0.2, 0) is 14.3 Å². The second-order valence-electron chi connectivity index (χ2n) is 4.19. The van der Waals surface area contributed by atoms with Crippen molar-refractivity contribution in [1.29, 1.82) is 0 Å². The number of rotatable bonds is 5. The smallest absolute Gasteiger partial charge is 0.315 e. The van der Waals surface area contributed by atoms with Crippen molar-refractivity contribution in [2.45, 2.75) is 45.3 Å². The van der Waals surface area contributed by atoms with E-state index in [4.69, 9.17) is 15.4 Å². The third kappa shape index (κ3) is 6.67. The molecular weight excluding hydrogens is 214 g/mol. The van der Waals surface area contributed by atoms with Crippen LogP contribution in [0.4, 0.5) is 0 Å². The van der Waals surface area contributed by atoms with Crippen LogP contribution in [0.5, 0.6) is 0 Å². The Morgan fingerprint density at radius 3 is 2.44 bits per heavy atom. The number of ether oxygens (including phenoxy) is 1. The van der Waals surface area contributed by atoms with Crippen molar-refractivity contribution in [3.05, 3.63) is 10.4 Å². The van der Waals surface area contributed by atoms with Crippen molar-refractivity contribution in [1.82, 2.24) is 0 Å². The second kappa shape index (κ2) is 5.97. The van der Waals surface area contributed by atoms with Gasteiger partial charge in [-0.25, -0.2) is 0 Å². The van der Waals surface area contributed by atoms with Crippen LogP contribution in [0.2, 0.25) is 0 Å². The predicted octanol–water partition coefficient (Wildman–Crippen LogP) is 1.87. The van der Waals surface area contributed by atoms with Crippen molar-refractivity contribution in [2.75, 3.05) is 0 Å². The molecule has 1 N–H and O–H groups in total. The summed E-state index contributed by atoms with van der Waals surface area (Å²) in [5, 5.41) is 11.7. The summed E-state index contributed by atoms with van der Waals surface area (Å²) in [5.74, 6) is -1.76. The van der Waals surface area contributed by atoms with Gasteiger partial charge in [0, 0.05) is 11.3 Å². The third-order valence-corrected chi connectivity index (χ3v) is 1.50. The monoisotopic (exact) mass is 229 g/mol. The first-order valence-corrected chi connectivity index (χ1v) is 4.75. The molecule has 0 aromatic carbocycles. The van der Waals surface area contributed by atoms with Gasteiger partial charge in [0.05, 0.1) is 0 Å². The third-order valence-electron chi connectivity index (χ3n) is 1.50. The largest absolute Gasteiger partial charge is 0.481 e. The summed E-state index contributed by atoms with van der Waals surface area (Å²) in [5.41, 5.74) is 7.56. The minimum absolute atomic E-state index is 0.0612. The van der Waals surface area contributed by atoms with Crippen molar-refractivity contribution in [3.8, 4) is 0 Å². The van der Waals surface area contributed by atoms with Crippen LogP contribution in [0, 0.1) is 0 Å². The molecule has 0 radical (unpaired) electrons. The zero-order valence-corrected chi connectivity index (χ0v) is 9.51. The maximum atomic E-state index is 11.5. The van der Waals surface area contributed by atoms with Crippen LogP contribution in [0.3, 0.4) is 0 Å². The molecule has 0 aliphatic rings. The molecule has 0 rings (SSSR count). The number of carboxylic acids is 1. The summed E-state index contributed by atoms with van der Waals surface area (Å²) < 4.78 is 4.99. The van der Waals surface area contributed by atoms with Gasteiger partial charge in [0.2, 0.25) is 0 Å². The number of hydrogen-bond donors (Lipinski definition) is 1. The number of azide groups is 1. The molecule has 0 spiro atoms. The number of carbonyl (C=O) groups excluding carboxylic acids is 1. The molecule has 0 bridgehead atoms. The zero-order chi connectivity index (χ0) is 12.8. The van der Waals surface area contributed by atoms with Gasteiger partial charge in [-0.15, -0.1) is 0 Å². The zero-order valence-electron chi connectivity index (χ0n) is 9.51. The Hall–Kier alpha value is -1.75. The van der Waals surface area contributed by atoms with Crippen molar-refractivity contribution < 1.29 is 19.4 Å². The SMILES string of the molecule is CC(C)(C)OC(=O)[C@H](CCC(=O)O)N=[N+]=[N-]. The topological polar surface area (TPSA) is 112 Å². The van der Waals surface area contributed by atoms with E-state index in [1.807, 2.05) is 0 Å². The minimum Gasteiger partial charge on any atom is -0.481 e. The second-order valence-corrected chi connectivity index (χ2v) is 4.19. The number of carboxylic acid groups (broad SMARTS) is 1. The van der Waals surface area contributed by atoms with Crippen LogP contribution in [0.25, 0.3) is 10.4 Å². The van der Waals surface area contributed by atoms with Crippen molar-refractivity contribution in [2.24, 2.45) is 5.11 Å². The number of hydrogen-bond acceptors (Lipinski definition) is 4. The van der Waals surface area contributed by atoms with E-state index in [0.29, 0.717) is 0 Å². The highest BCUT2D eigenvalue weighted by molar-refractivity contribution is 5.77. The summed E-state index contributed by atoms with van der Waals surface area (Å²) in [4.78, 5) is 24.3. The maximum absolute atomic E-state index is 11.5. The van der Waals surface area contributed by atoms with E-state index >= 15 is 0 Å². The molecule has 7 nitrogen and oxygen atoms in total. The van der Waals surface area contributed by atoms with Crippen LogP contribution >= 0.6 is 0 Å². The average Bonchev–Trinajstić information content (AvgIpc) is 2.08. The standard InChI is InChI=1S/C9H15N3O4/c1-9(2,3)16-8(15)6(11-12-10)4-5-7(13)14/h6H,4-5H2,1-3H3,(H,13,14)/t6-/m0/s1. The fourth-order valence-corrected chi connectivity index (χ4v) is 0.915. The van der Waals surface area contributed by atoms with E-state index < -0.39 is 23.6 Å². The van der Waals surface area contributed by atoms with Gasteiger partial charge in [0.1, 0.15) is 11.6 Å². The quantitative estimate of drug-likeness (QED) is 0.335. The molecule has 16 heavy (non-hydrogen) atoms. The average molecular weight is 229 g/mol. The lowest BCUT2D eigenvalue weighted by Crippen LogP contribution is -2.31. The molecule has 0 heterocycles. The molecule has 0 unspecified atom stereocenters. The number of carbonyl (C=O) groups is 2. The lowest BCUT2D eigenvalue weighted by atomic mass is 10.1. The summed E-state index contributed by atoms with van der Waals surface area (Å²) in [6, 6.07) is -1.08. The molecule has 0 saturated heterocycles. The molecule has 0 aromatic rings. The predicted molar refractivity (Wildman–Crippen MR) is 55.6 cm³/mol. The summed E-state index contributed by atoms with van der Waals surface area (Å²) in [7, 11) is 0. The highest BCUT2D eigenvalue weighted by Crippen LogP contribution is 2.12. The van der Waals surface area contributed by atoms with Gasteiger partial charge in [0.15, 0.2) is 0 Å². The fourth-order valence-electron chi connectivity index (χ4n) is 0.915. The molecule has 1 atom stereocenters. The Labute approximate surface area is 93.0 Å². The number of nitrogens with zero attached hydrogens (tertiary/aromatic N) is 3. The Kier molecular flexibility index (Phi) is 5.32. The first-order valence-electron chi connectivity index (χ1n) is 4.75. The lowest BCUT2D eigenvalue weighted by molar-refractivity contribution is -0.156. The maximum Gasteiger partial charge on any atom is 0.315 e. The van der Waals surface area contributed by atoms with E-state index in [-0.39, 0.29) is 12.8 Å². The summed E-state index contributed by atoms with van der Waals surface area (Å²) >= 11 is 0. The molecule has 0 aromatic heterocycles. The van der Waals surface area contributed by atoms with E-state index in [2.05, 4.69) is 10.0 Å². The first-order chi connectivity index (χ1) is 7.26. The Morgan fingerprint density at radius 1 is 1.50 bits per heavy atom. The van der Waals surface area contributed by atoms with Crippen molar-refractivity contribution >= 4 is 11.9 Å². The fraction of sp³-hybridized carbons (Fsp3) is 0.778. The molecule has 0 fully saturated rings. The molecular formula is C9H15N3O4. The molecule has 90 valence electrons. The van der Waals surface area contributed by atoms with Crippen LogP contribution in [-0.4, -0.2) is 28.7 Å². The highest BCUT2D eigenvalue weighted by Gasteiger charge is 2.24. The van der Waals surface area contributed by atoms with E-state index in [1.54, 1.807) is 20.8 Å². The normalized spacial score (nSPS) is 12.4. The van der Waals surface area contributed by atoms with Gasteiger partial charge >= 0.3 is 11.9 Å². The highest BCUT2D eigenvalue weighted by atomic mass is 16.6. The molecule has 0 amide bonds. The molecule has 0 aliphatic heterocycles. The Balaban J connectivity index is 4.47. The van der Waals surface area contributed by atoms with Gasteiger partial charge in [-0.1, -0.05) is 5.11 Å². The van der Waals surface area contributed by atoms with Gasteiger partial charge in [0.25, 0.3) is 0 Å². The molecule has 7 heteroatoms. The van der Waals surface area contributed by atoms with Gasteiger partial charge in [-0.2, -0.15) is 0 Å². The van der Waals surface area contributed by atoms with Crippen LogP contribution < -0.4 is 0 Å². The van der Waals surface area contributed by atoms with Crippen molar-refractivity contribution in [3.63, 3.8) is 0 Å². The van der Waals surface area contributed by atoms with Crippen LogP contribution in [0.15, 0.2) is 5.11 Å². The van der Waals surface area contributed by atoms with E-state index in [9.17, 15) is 9.59 Å². The molecule has 0 aliphatic carbocycles. The van der Waals surface area contributed by atoms with Gasteiger partial charge < -0.3 is 9.84 Å². The number of aliphatic carboxylic acids is 1. The van der Waals surface area contributed by atoms with Gasteiger partial charge in [-0.3, -0.25) is 9.59 Å². The minimum atomic E-state index is -1.08. The Bertz CT molecular complexity index is 315. The van der Waals surface area contributed by atoms with E-state index in [0.717, 1.165) is 0 Å².